The summed E-state index contributed by atoms with van der Waals surface area (Å²) in [6, 6.07) is 13.2. The molecule has 0 saturated carbocycles. The molecule has 0 aromatic heterocycles. The summed E-state index contributed by atoms with van der Waals surface area (Å²) in [5.41, 5.74) is 3.11. The molecule has 2 aliphatic rings. The predicted molar refractivity (Wildman–Crippen MR) is 106 cm³/mol. The summed E-state index contributed by atoms with van der Waals surface area (Å²) in [4.78, 5) is 27.4. The van der Waals surface area contributed by atoms with Crippen LogP contribution < -0.4 is 10.1 Å². The van der Waals surface area contributed by atoms with Crippen LogP contribution in [0.25, 0.3) is 0 Å². The number of para-hydroxylation sites is 1. The summed E-state index contributed by atoms with van der Waals surface area (Å²) in [6.45, 7) is 4.53. The van der Waals surface area contributed by atoms with Gasteiger partial charge in [-0.15, -0.1) is 0 Å². The molecule has 2 aliphatic heterocycles. The SMILES string of the molecule is Cc1c(NC(=O)C2COc3ccccc3C2)cccc1C(=O)N1CCOCC1. The molecule has 1 atom stereocenters. The maximum absolute atomic E-state index is 12.8. The number of benzene rings is 2. The van der Waals surface area contributed by atoms with Crippen molar-refractivity contribution in [1.29, 1.82) is 0 Å². The third-order valence-electron chi connectivity index (χ3n) is 5.37. The molecule has 0 spiro atoms. The highest BCUT2D eigenvalue weighted by atomic mass is 16.5. The maximum Gasteiger partial charge on any atom is 0.254 e. The Morgan fingerprint density at radius 2 is 1.86 bits per heavy atom. The highest BCUT2D eigenvalue weighted by Crippen LogP contribution is 2.28. The van der Waals surface area contributed by atoms with Gasteiger partial charge in [-0.2, -0.15) is 0 Å². The van der Waals surface area contributed by atoms with Crippen LogP contribution in [0.2, 0.25) is 0 Å². The Hall–Kier alpha value is -2.86. The van der Waals surface area contributed by atoms with E-state index in [4.69, 9.17) is 9.47 Å². The summed E-state index contributed by atoms with van der Waals surface area (Å²) >= 11 is 0. The molecule has 6 nitrogen and oxygen atoms in total. The zero-order valence-electron chi connectivity index (χ0n) is 15.9. The van der Waals surface area contributed by atoms with E-state index in [1.54, 1.807) is 4.90 Å². The molecule has 1 N–H and O–H groups in total. The minimum atomic E-state index is -0.257. The molecule has 2 heterocycles. The van der Waals surface area contributed by atoms with E-state index in [1.807, 2.05) is 49.4 Å². The first kappa shape index (κ1) is 18.5. The van der Waals surface area contributed by atoms with Gasteiger partial charge in [-0.3, -0.25) is 9.59 Å². The third-order valence-corrected chi connectivity index (χ3v) is 5.37. The van der Waals surface area contributed by atoms with E-state index in [-0.39, 0.29) is 17.7 Å². The van der Waals surface area contributed by atoms with Crippen molar-refractivity contribution in [2.45, 2.75) is 13.3 Å². The second kappa shape index (κ2) is 8.02. The van der Waals surface area contributed by atoms with Crippen LogP contribution in [0, 0.1) is 12.8 Å². The van der Waals surface area contributed by atoms with Gasteiger partial charge in [0.05, 0.1) is 19.1 Å². The van der Waals surface area contributed by atoms with Gasteiger partial charge in [-0.1, -0.05) is 24.3 Å². The van der Waals surface area contributed by atoms with E-state index in [1.165, 1.54) is 0 Å². The Labute approximate surface area is 164 Å². The quantitative estimate of drug-likeness (QED) is 0.889. The Morgan fingerprint density at radius 3 is 2.68 bits per heavy atom. The Kier molecular flexibility index (Phi) is 5.30. The van der Waals surface area contributed by atoms with Gasteiger partial charge in [0.25, 0.3) is 5.91 Å². The first-order valence-electron chi connectivity index (χ1n) is 9.61. The number of rotatable bonds is 3. The predicted octanol–water partition coefficient (Wildman–Crippen LogP) is 2.66. The van der Waals surface area contributed by atoms with Gasteiger partial charge in [0.15, 0.2) is 0 Å². The van der Waals surface area contributed by atoms with Crippen LogP contribution in [0.4, 0.5) is 5.69 Å². The molecule has 2 aromatic rings. The van der Waals surface area contributed by atoms with Crippen LogP contribution >= 0.6 is 0 Å². The molecule has 0 aliphatic carbocycles. The first-order chi connectivity index (χ1) is 13.6. The second-order valence-corrected chi connectivity index (χ2v) is 7.19. The van der Waals surface area contributed by atoms with Gasteiger partial charge in [-0.25, -0.2) is 0 Å². The van der Waals surface area contributed by atoms with Gasteiger partial charge in [0.2, 0.25) is 5.91 Å². The zero-order chi connectivity index (χ0) is 19.5. The normalized spacial score (nSPS) is 18.8. The van der Waals surface area contributed by atoms with Crippen molar-refractivity contribution < 1.29 is 19.1 Å². The van der Waals surface area contributed by atoms with E-state index in [2.05, 4.69) is 5.32 Å². The number of hydrogen-bond acceptors (Lipinski definition) is 4. The van der Waals surface area contributed by atoms with Gasteiger partial charge in [-0.05, 0) is 42.7 Å². The molecule has 2 amide bonds. The topological polar surface area (TPSA) is 67.9 Å². The molecule has 6 heteroatoms. The van der Waals surface area contributed by atoms with E-state index < -0.39 is 0 Å². The van der Waals surface area contributed by atoms with Crippen LogP contribution in [-0.4, -0.2) is 49.6 Å². The summed E-state index contributed by atoms with van der Waals surface area (Å²) in [5.74, 6) is 0.481. The molecule has 1 unspecified atom stereocenters. The molecule has 0 radical (unpaired) electrons. The Balaban J connectivity index is 1.48. The lowest BCUT2D eigenvalue weighted by Gasteiger charge is -2.28. The van der Waals surface area contributed by atoms with Crippen LogP contribution in [0.1, 0.15) is 21.5 Å². The molecule has 146 valence electrons. The lowest BCUT2D eigenvalue weighted by atomic mass is 9.95. The highest BCUT2D eigenvalue weighted by molar-refractivity contribution is 6.00. The summed E-state index contributed by atoms with van der Waals surface area (Å²) in [6.07, 6.45) is 0.646. The fourth-order valence-corrected chi connectivity index (χ4v) is 3.67. The fraction of sp³-hybridized carbons (Fsp3) is 0.364. The second-order valence-electron chi connectivity index (χ2n) is 7.19. The number of carbonyl (C=O) groups excluding carboxylic acids is 2. The molecule has 28 heavy (non-hydrogen) atoms. The lowest BCUT2D eigenvalue weighted by molar-refractivity contribution is -0.121. The van der Waals surface area contributed by atoms with Crippen molar-refractivity contribution in [3.05, 3.63) is 59.2 Å². The molecular formula is C22H24N2O4. The van der Waals surface area contributed by atoms with Gasteiger partial charge >= 0.3 is 0 Å². The largest absolute Gasteiger partial charge is 0.492 e. The van der Waals surface area contributed by atoms with Crippen molar-refractivity contribution in [1.82, 2.24) is 4.90 Å². The van der Waals surface area contributed by atoms with Crippen LogP contribution in [-0.2, 0) is 16.0 Å². The van der Waals surface area contributed by atoms with Crippen molar-refractivity contribution in [2.75, 3.05) is 38.2 Å². The minimum absolute atomic E-state index is 0.0215. The lowest BCUT2D eigenvalue weighted by Crippen LogP contribution is -2.41. The minimum Gasteiger partial charge on any atom is -0.492 e. The highest BCUT2D eigenvalue weighted by Gasteiger charge is 2.27. The number of morpholine rings is 1. The molecule has 0 bridgehead atoms. The smallest absolute Gasteiger partial charge is 0.254 e. The van der Waals surface area contributed by atoms with Crippen LogP contribution in [0.15, 0.2) is 42.5 Å². The van der Waals surface area contributed by atoms with Crippen LogP contribution in [0.5, 0.6) is 5.75 Å². The molecular weight excluding hydrogens is 356 g/mol. The maximum atomic E-state index is 12.8. The summed E-state index contributed by atoms with van der Waals surface area (Å²) in [5, 5.41) is 2.99. The average molecular weight is 380 g/mol. The number of amides is 2. The number of ether oxygens (including phenoxy) is 2. The van der Waals surface area contributed by atoms with Crippen molar-refractivity contribution in [2.24, 2.45) is 5.92 Å². The molecule has 2 aromatic carbocycles. The molecule has 1 fully saturated rings. The van der Waals surface area contributed by atoms with Crippen LogP contribution in [0.3, 0.4) is 0 Å². The number of anilines is 1. The number of carbonyl (C=O) groups is 2. The first-order valence-corrected chi connectivity index (χ1v) is 9.61. The summed E-state index contributed by atoms with van der Waals surface area (Å²) < 4.78 is 11.1. The van der Waals surface area contributed by atoms with Crippen molar-refractivity contribution in [3.8, 4) is 5.75 Å². The monoisotopic (exact) mass is 380 g/mol. The van der Waals surface area contributed by atoms with E-state index in [9.17, 15) is 9.59 Å². The third kappa shape index (κ3) is 3.73. The molecule has 1 saturated heterocycles. The van der Waals surface area contributed by atoms with Crippen molar-refractivity contribution >= 4 is 17.5 Å². The fourth-order valence-electron chi connectivity index (χ4n) is 3.67. The number of fused-ring (bicyclic) bond motifs is 1. The number of hydrogen-bond donors (Lipinski definition) is 1. The van der Waals surface area contributed by atoms with Gasteiger partial charge in [0.1, 0.15) is 12.4 Å². The average Bonchev–Trinajstić information content (AvgIpc) is 2.75. The van der Waals surface area contributed by atoms with E-state index in [0.717, 1.165) is 16.9 Å². The van der Waals surface area contributed by atoms with E-state index >= 15 is 0 Å². The number of nitrogens with one attached hydrogen (secondary N) is 1. The van der Waals surface area contributed by atoms with Gasteiger partial charge < -0.3 is 19.7 Å². The van der Waals surface area contributed by atoms with Crippen molar-refractivity contribution in [3.63, 3.8) is 0 Å². The number of nitrogens with zero attached hydrogens (tertiary/aromatic N) is 1. The summed E-state index contributed by atoms with van der Waals surface area (Å²) in [7, 11) is 0. The Bertz CT molecular complexity index is 890. The van der Waals surface area contributed by atoms with E-state index in [0.29, 0.717) is 50.6 Å². The standard InChI is InChI=1S/C22H24N2O4/c1-15-18(22(26)24-9-11-27-12-10-24)6-4-7-19(15)23-21(25)17-13-16-5-2-3-8-20(16)28-14-17/h2-8,17H,9-14H2,1H3,(H,23,25). The molecule has 4 rings (SSSR count). The Morgan fingerprint density at radius 1 is 1.07 bits per heavy atom. The zero-order valence-corrected chi connectivity index (χ0v) is 15.9. The van der Waals surface area contributed by atoms with Gasteiger partial charge in [0, 0.05) is 24.3 Å².